The molecule has 3 unspecified atom stereocenters. The molecule has 2 aliphatic rings. The number of hydrogen-bond acceptors (Lipinski definition) is 4. The largest absolute Gasteiger partial charge is 0.368 e. The van der Waals surface area contributed by atoms with Gasteiger partial charge in [0.25, 0.3) is 5.91 Å². The number of amides is 1. The maximum atomic E-state index is 11.9. The van der Waals surface area contributed by atoms with Crippen molar-refractivity contribution in [2.45, 2.75) is 19.9 Å². The van der Waals surface area contributed by atoms with Crippen molar-refractivity contribution in [1.82, 2.24) is 15.6 Å². The van der Waals surface area contributed by atoms with E-state index >= 15 is 0 Å². The summed E-state index contributed by atoms with van der Waals surface area (Å²) in [5, 5.41) is 6.27. The molecule has 108 valence electrons. The van der Waals surface area contributed by atoms with Gasteiger partial charge in [-0.1, -0.05) is 0 Å². The van der Waals surface area contributed by atoms with Crippen molar-refractivity contribution in [3.8, 4) is 0 Å². The van der Waals surface area contributed by atoms with Gasteiger partial charge in [0, 0.05) is 44.1 Å². The molecule has 1 aromatic heterocycles. The number of rotatable bonds is 3. The SMILES string of the molecule is CCNC(=O)c1cc(N2CC3CNCC3C2C)ccn1. The highest BCUT2D eigenvalue weighted by Gasteiger charge is 2.41. The minimum atomic E-state index is -0.0944. The first-order valence-electron chi connectivity index (χ1n) is 7.42. The standard InChI is InChI=1S/C15H22N4O/c1-3-17-15(20)14-6-12(4-5-18-14)19-9-11-7-16-8-13(11)10(19)2/h4-6,10-11,13,16H,3,7-9H2,1-2H3,(H,17,20). The number of nitrogens with zero attached hydrogens (tertiary/aromatic N) is 2. The smallest absolute Gasteiger partial charge is 0.269 e. The van der Waals surface area contributed by atoms with Crippen LogP contribution in [0.1, 0.15) is 24.3 Å². The molecule has 1 amide bonds. The van der Waals surface area contributed by atoms with Crippen LogP contribution in [0.15, 0.2) is 18.3 Å². The van der Waals surface area contributed by atoms with Gasteiger partial charge < -0.3 is 15.5 Å². The molecule has 0 saturated carbocycles. The summed E-state index contributed by atoms with van der Waals surface area (Å²) in [6.07, 6.45) is 1.74. The van der Waals surface area contributed by atoms with E-state index in [2.05, 4.69) is 27.4 Å². The van der Waals surface area contributed by atoms with Crippen molar-refractivity contribution in [2.24, 2.45) is 11.8 Å². The van der Waals surface area contributed by atoms with E-state index in [-0.39, 0.29) is 5.91 Å². The maximum absolute atomic E-state index is 11.9. The maximum Gasteiger partial charge on any atom is 0.269 e. The van der Waals surface area contributed by atoms with Crippen LogP contribution in [0.3, 0.4) is 0 Å². The summed E-state index contributed by atoms with van der Waals surface area (Å²) >= 11 is 0. The molecule has 5 heteroatoms. The summed E-state index contributed by atoms with van der Waals surface area (Å²) < 4.78 is 0. The molecule has 3 heterocycles. The lowest BCUT2D eigenvalue weighted by Crippen LogP contribution is -2.33. The topological polar surface area (TPSA) is 57.3 Å². The second-order valence-electron chi connectivity index (χ2n) is 5.73. The Balaban J connectivity index is 1.81. The predicted octanol–water partition coefficient (Wildman–Crippen LogP) is 0.875. The van der Waals surface area contributed by atoms with Gasteiger partial charge in [0.1, 0.15) is 5.69 Å². The van der Waals surface area contributed by atoms with E-state index in [1.807, 2.05) is 19.1 Å². The fourth-order valence-electron chi connectivity index (χ4n) is 3.48. The molecule has 20 heavy (non-hydrogen) atoms. The van der Waals surface area contributed by atoms with E-state index in [0.29, 0.717) is 18.3 Å². The molecule has 0 aromatic carbocycles. The summed E-state index contributed by atoms with van der Waals surface area (Å²) in [7, 11) is 0. The predicted molar refractivity (Wildman–Crippen MR) is 78.9 cm³/mol. The molecule has 2 fully saturated rings. The van der Waals surface area contributed by atoms with Gasteiger partial charge in [0.15, 0.2) is 0 Å². The van der Waals surface area contributed by atoms with Gasteiger partial charge in [-0.15, -0.1) is 0 Å². The molecule has 3 atom stereocenters. The summed E-state index contributed by atoms with van der Waals surface area (Å²) in [5.41, 5.74) is 1.62. The van der Waals surface area contributed by atoms with E-state index in [1.165, 1.54) is 0 Å². The molecule has 1 aromatic rings. The Morgan fingerprint density at radius 3 is 3.15 bits per heavy atom. The van der Waals surface area contributed by atoms with Crippen molar-refractivity contribution in [2.75, 3.05) is 31.1 Å². The number of anilines is 1. The first-order valence-corrected chi connectivity index (χ1v) is 7.42. The minimum Gasteiger partial charge on any atom is -0.368 e. The monoisotopic (exact) mass is 274 g/mol. The molecule has 0 aliphatic carbocycles. The van der Waals surface area contributed by atoms with Crippen LogP contribution in [0.2, 0.25) is 0 Å². The lowest BCUT2D eigenvalue weighted by Gasteiger charge is -2.26. The van der Waals surface area contributed by atoms with Crippen LogP contribution in [-0.2, 0) is 0 Å². The molecule has 0 spiro atoms. The Kier molecular flexibility index (Phi) is 3.61. The Bertz CT molecular complexity index is 504. The van der Waals surface area contributed by atoms with Gasteiger partial charge in [-0.2, -0.15) is 0 Å². The summed E-state index contributed by atoms with van der Waals surface area (Å²) in [4.78, 5) is 18.5. The van der Waals surface area contributed by atoms with E-state index in [9.17, 15) is 4.79 Å². The molecular weight excluding hydrogens is 252 g/mol. The van der Waals surface area contributed by atoms with Crippen molar-refractivity contribution in [3.63, 3.8) is 0 Å². The van der Waals surface area contributed by atoms with Gasteiger partial charge in [0.05, 0.1) is 0 Å². The third-order valence-corrected chi connectivity index (χ3v) is 4.58. The quantitative estimate of drug-likeness (QED) is 0.859. The zero-order valence-corrected chi connectivity index (χ0v) is 12.1. The minimum absolute atomic E-state index is 0.0944. The van der Waals surface area contributed by atoms with E-state index < -0.39 is 0 Å². The lowest BCUT2D eigenvalue weighted by atomic mass is 9.95. The fraction of sp³-hybridized carbons (Fsp3) is 0.600. The van der Waals surface area contributed by atoms with Crippen molar-refractivity contribution >= 4 is 11.6 Å². The molecule has 2 saturated heterocycles. The number of nitrogens with one attached hydrogen (secondary N) is 2. The Labute approximate surface area is 119 Å². The normalized spacial score (nSPS) is 28.5. The third-order valence-electron chi connectivity index (χ3n) is 4.58. The van der Waals surface area contributed by atoms with Gasteiger partial charge in [-0.25, -0.2) is 0 Å². The number of carbonyl (C=O) groups excluding carboxylic acids is 1. The van der Waals surface area contributed by atoms with Crippen LogP contribution in [-0.4, -0.2) is 43.1 Å². The summed E-state index contributed by atoms with van der Waals surface area (Å²) in [6, 6.07) is 4.43. The van der Waals surface area contributed by atoms with Crippen molar-refractivity contribution in [3.05, 3.63) is 24.0 Å². The number of hydrogen-bond donors (Lipinski definition) is 2. The third kappa shape index (κ3) is 2.26. The van der Waals surface area contributed by atoms with E-state index in [0.717, 1.165) is 37.2 Å². The Morgan fingerprint density at radius 2 is 2.40 bits per heavy atom. The number of fused-ring (bicyclic) bond motifs is 1. The highest BCUT2D eigenvalue weighted by Crippen LogP contribution is 2.35. The molecule has 2 N–H and O–H groups in total. The Morgan fingerprint density at radius 1 is 1.55 bits per heavy atom. The molecular formula is C15H22N4O. The first-order chi connectivity index (χ1) is 9.70. The van der Waals surface area contributed by atoms with Crippen LogP contribution in [0.5, 0.6) is 0 Å². The molecule has 0 radical (unpaired) electrons. The molecule has 5 nitrogen and oxygen atoms in total. The molecule has 3 rings (SSSR count). The zero-order valence-electron chi connectivity index (χ0n) is 12.1. The number of carbonyl (C=O) groups is 1. The van der Waals surface area contributed by atoms with Crippen molar-refractivity contribution in [1.29, 1.82) is 0 Å². The lowest BCUT2D eigenvalue weighted by molar-refractivity contribution is 0.0951. The van der Waals surface area contributed by atoms with Gasteiger partial charge >= 0.3 is 0 Å². The summed E-state index contributed by atoms with van der Waals surface area (Å²) in [6.45, 7) is 8.11. The van der Waals surface area contributed by atoms with Crippen LogP contribution >= 0.6 is 0 Å². The summed E-state index contributed by atoms with van der Waals surface area (Å²) in [5.74, 6) is 1.35. The average molecular weight is 274 g/mol. The van der Waals surface area contributed by atoms with Crippen LogP contribution in [0.25, 0.3) is 0 Å². The van der Waals surface area contributed by atoms with Gasteiger partial charge in [-0.3, -0.25) is 9.78 Å². The first kappa shape index (κ1) is 13.4. The number of aromatic nitrogens is 1. The highest BCUT2D eigenvalue weighted by molar-refractivity contribution is 5.93. The van der Waals surface area contributed by atoms with Crippen LogP contribution in [0.4, 0.5) is 5.69 Å². The van der Waals surface area contributed by atoms with Gasteiger partial charge in [0.2, 0.25) is 0 Å². The van der Waals surface area contributed by atoms with E-state index in [1.54, 1.807) is 6.20 Å². The zero-order chi connectivity index (χ0) is 14.1. The number of pyridine rings is 1. The fourth-order valence-corrected chi connectivity index (χ4v) is 3.48. The second kappa shape index (κ2) is 5.40. The van der Waals surface area contributed by atoms with Crippen LogP contribution < -0.4 is 15.5 Å². The average Bonchev–Trinajstić information content (AvgIpc) is 3.03. The molecule has 2 aliphatic heterocycles. The van der Waals surface area contributed by atoms with Gasteiger partial charge in [-0.05, 0) is 37.8 Å². The molecule has 0 bridgehead atoms. The van der Waals surface area contributed by atoms with E-state index in [4.69, 9.17) is 0 Å². The van der Waals surface area contributed by atoms with Crippen LogP contribution in [0, 0.1) is 11.8 Å². The van der Waals surface area contributed by atoms with Crippen molar-refractivity contribution < 1.29 is 4.79 Å². The Hall–Kier alpha value is -1.62. The second-order valence-corrected chi connectivity index (χ2v) is 5.73. The highest BCUT2D eigenvalue weighted by atomic mass is 16.1.